The van der Waals surface area contributed by atoms with Gasteiger partial charge in [0.15, 0.2) is 5.96 Å². The summed E-state index contributed by atoms with van der Waals surface area (Å²) < 4.78 is 5.32. The molecule has 140 valence electrons. The molecule has 0 aliphatic carbocycles. The Balaban J connectivity index is 0.00000243. The van der Waals surface area contributed by atoms with Crippen molar-refractivity contribution in [1.82, 2.24) is 15.2 Å². The topological polar surface area (TPSA) is 49.8 Å². The summed E-state index contributed by atoms with van der Waals surface area (Å²) in [5, 5.41) is 3.42. The van der Waals surface area contributed by atoms with Crippen LogP contribution in [0.15, 0.2) is 53.7 Å². The van der Waals surface area contributed by atoms with Crippen LogP contribution in [-0.2, 0) is 6.54 Å². The summed E-state index contributed by atoms with van der Waals surface area (Å²) in [4.78, 5) is 11.4. The summed E-state index contributed by atoms with van der Waals surface area (Å²) in [5.41, 5.74) is 2.41. The van der Waals surface area contributed by atoms with Gasteiger partial charge >= 0.3 is 0 Å². The third kappa shape index (κ3) is 5.09. The molecule has 0 saturated carbocycles. The third-order valence-electron chi connectivity index (χ3n) is 4.54. The lowest BCUT2D eigenvalue weighted by atomic mass is 9.99. The molecule has 6 heteroatoms. The number of nitrogens with zero attached hydrogens (tertiary/aromatic N) is 3. The van der Waals surface area contributed by atoms with Crippen LogP contribution in [0.5, 0.6) is 5.88 Å². The molecule has 3 rings (SSSR count). The first-order valence-electron chi connectivity index (χ1n) is 8.88. The van der Waals surface area contributed by atoms with Gasteiger partial charge in [-0.3, -0.25) is 0 Å². The van der Waals surface area contributed by atoms with Gasteiger partial charge in [-0.2, -0.15) is 0 Å². The summed E-state index contributed by atoms with van der Waals surface area (Å²) in [6.45, 7) is 5.54. The minimum atomic E-state index is 0. The molecule has 1 unspecified atom stereocenters. The first-order chi connectivity index (χ1) is 12.3. The summed E-state index contributed by atoms with van der Waals surface area (Å²) in [7, 11) is 1.64. The van der Waals surface area contributed by atoms with Crippen LogP contribution in [-0.4, -0.2) is 42.6 Å². The zero-order valence-electron chi connectivity index (χ0n) is 15.4. The molecule has 1 aliphatic heterocycles. The number of hydrogen-bond acceptors (Lipinski definition) is 3. The Morgan fingerprint density at radius 1 is 1.27 bits per heavy atom. The van der Waals surface area contributed by atoms with Crippen molar-refractivity contribution in [1.29, 1.82) is 0 Å². The van der Waals surface area contributed by atoms with Gasteiger partial charge in [-0.25, -0.2) is 9.98 Å². The van der Waals surface area contributed by atoms with E-state index in [-0.39, 0.29) is 24.0 Å². The number of aliphatic imine (C=N–C) groups is 1. The zero-order valence-corrected chi connectivity index (χ0v) is 17.7. The number of rotatable bonds is 5. The molecule has 2 heterocycles. The molecule has 2 aromatic rings. The molecule has 0 radical (unpaired) electrons. The molecular formula is C20H27IN4O. The summed E-state index contributed by atoms with van der Waals surface area (Å²) in [6.07, 6.45) is 2.90. The number of benzene rings is 1. The number of pyridine rings is 1. The van der Waals surface area contributed by atoms with Crippen molar-refractivity contribution >= 4 is 29.9 Å². The highest BCUT2D eigenvalue weighted by Gasteiger charge is 2.25. The summed E-state index contributed by atoms with van der Waals surface area (Å²) >= 11 is 0. The summed E-state index contributed by atoms with van der Waals surface area (Å²) in [6, 6.07) is 14.7. The maximum atomic E-state index is 5.32. The molecule has 26 heavy (non-hydrogen) atoms. The van der Waals surface area contributed by atoms with Gasteiger partial charge in [0.05, 0.1) is 13.7 Å². The lowest BCUT2D eigenvalue weighted by Crippen LogP contribution is -2.40. The SMILES string of the molecule is CCNC(=NCc1cccnc1OC)N1CCC(c2ccccc2)C1.I. The molecule has 1 atom stereocenters. The minimum Gasteiger partial charge on any atom is -0.481 e. The van der Waals surface area contributed by atoms with E-state index in [0.29, 0.717) is 18.3 Å². The average Bonchev–Trinajstić information content (AvgIpc) is 3.16. The second-order valence-corrected chi connectivity index (χ2v) is 6.18. The Bertz CT molecular complexity index is 708. The van der Waals surface area contributed by atoms with E-state index in [1.807, 2.05) is 12.1 Å². The number of nitrogens with one attached hydrogen (secondary N) is 1. The van der Waals surface area contributed by atoms with Crippen LogP contribution < -0.4 is 10.1 Å². The van der Waals surface area contributed by atoms with Crippen LogP contribution in [0.4, 0.5) is 0 Å². The number of halogens is 1. The Hall–Kier alpha value is -1.83. The zero-order chi connectivity index (χ0) is 17.5. The molecular weight excluding hydrogens is 439 g/mol. The highest BCUT2D eigenvalue weighted by Crippen LogP contribution is 2.27. The first kappa shape index (κ1) is 20.5. The number of methoxy groups -OCH3 is 1. The fraction of sp³-hybridized carbons (Fsp3) is 0.400. The van der Waals surface area contributed by atoms with E-state index < -0.39 is 0 Å². The number of ether oxygens (including phenoxy) is 1. The van der Waals surface area contributed by atoms with Crippen molar-refractivity contribution in [2.24, 2.45) is 4.99 Å². The van der Waals surface area contributed by atoms with E-state index in [9.17, 15) is 0 Å². The lowest BCUT2D eigenvalue weighted by Gasteiger charge is -2.22. The minimum absolute atomic E-state index is 0. The predicted octanol–water partition coefficient (Wildman–Crippen LogP) is 3.66. The van der Waals surface area contributed by atoms with E-state index in [1.54, 1.807) is 13.3 Å². The predicted molar refractivity (Wildman–Crippen MR) is 116 cm³/mol. The molecule has 0 bridgehead atoms. The normalized spacial score (nSPS) is 16.9. The van der Waals surface area contributed by atoms with Crippen LogP contribution in [0.2, 0.25) is 0 Å². The molecule has 1 fully saturated rings. The van der Waals surface area contributed by atoms with Gasteiger partial charge in [0.2, 0.25) is 5.88 Å². The van der Waals surface area contributed by atoms with Crippen molar-refractivity contribution < 1.29 is 4.74 Å². The molecule has 1 aromatic carbocycles. The number of likely N-dealkylation sites (tertiary alicyclic amines) is 1. The van der Waals surface area contributed by atoms with Gasteiger partial charge in [-0.15, -0.1) is 24.0 Å². The van der Waals surface area contributed by atoms with Crippen molar-refractivity contribution in [3.8, 4) is 5.88 Å². The third-order valence-corrected chi connectivity index (χ3v) is 4.54. The van der Waals surface area contributed by atoms with Crippen LogP contribution in [0.3, 0.4) is 0 Å². The van der Waals surface area contributed by atoms with Gasteiger partial charge in [-0.05, 0) is 25.0 Å². The van der Waals surface area contributed by atoms with Crippen LogP contribution in [0, 0.1) is 0 Å². The highest BCUT2D eigenvalue weighted by molar-refractivity contribution is 14.0. The second-order valence-electron chi connectivity index (χ2n) is 6.18. The smallest absolute Gasteiger partial charge is 0.218 e. The van der Waals surface area contributed by atoms with Crippen molar-refractivity contribution in [3.05, 3.63) is 59.8 Å². The fourth-order valence-corrected chi connectivity index (χ4v) is 3.26. The second kappa shape index (κ2) is 10.4. The molecule has 5 nitrogen and oxygen atoms in total. The maximum absolute atomic E-state index is 5.32. The van der Waals surface area contributed by atoms with Crippen LogP contribution in [0.25, 0.3) is 0 Å². The van der Waals surface area contributed by atoms with Crippen LogP contribution >= 0.6 is 24.0 Å². The van der Waals surface area contributed by atoms with Gasteiger partial charge in [-0.1, -0.05) is 36.4 Å². The largest absolute Gasteiger partial charge is 0.481 e. The molecule has 0 amide bonds. The van der Waals surface area contributed by atoms with Gasteiger partial charge < -0.3 is 15.0 Å². The number of aromatic nitrogens is 1. The van der Waals surface area contributed by atoms with Gasteiger partial charge in [0, 0.05) is 37.3 Å². The van der Waals surface area contributed by atoms with E-state index in [0.717, 1.165) is 37.6 Å². The Morgan fingerprint density at radius 3 is 2.81 bits per heavy atom. The molecule has 1 aliphatic rings. The lowest BCUT2D eigenvalue weighted by molar-refractivity contribution is 0.392. The number of guanidine groups is 1. The molecule has 1 N–H and O–H groups in total. The quantitative estimate of drug-likeness (QED) is 0.415. The molecule has 1 aromatic heterocycles. The molecule has 1 saturated heterocycles. The Morgan fingerprint density at radius 2 is 2.08 bits per heavy atom. The average molecular weight is 466 g/mol. The van der Waals surface area contributed by atoms with E-state index >= 15 is 0 Å². The van der Waals surface area contributed by atoms with E-state index in [1.165, 1.54) is 5.56 Å². The highest BCUT2D eigenvalue weighted by atomic mass is 127. The van der Waals surface area contributed by atoms with Gasteiger partial charge in [0.25, 0.3) is 0 Å². The Kier molecular flexibility index (Phi) is 8.15. The maximum Gasteiger partial charge on any atom is 0.218 e. The van der Waals surface area contributed by atoms with Gasteiger partial charge in [0.1, 0.15) is 0 Å². The van der Waals surface area contributed by atoms with Crippen molar-refractivity contribution in [2.45, 2.75) is 25.8 Å². The first-order valence-corrected chi connectivity index (χ1v) is 8.88. The monoisotopic (exact) mass is 466 g/mol. The van der Waals surface area contributed by atoms with E-state index in [2.05, 4.69) is 52.5 Å². The fourth-order valence-electron chi connectivity index (χ4n) is 3.26. The standard InChI is InChI=1S/C20H26N4O.HI/c1-3-21-20(23-14-17-10-7-12-22-19(17)25-2)24-13-11-18(15-24)16-8-5-4-6-9-16;/h4-10,12,18H,3,11,13-15H2,1-2H3,(H,21,23);1H. The van der Waals surface area contributed by atoms with Crippen molar-refractivity contribution in [3.63, 3.8) is 0 Å². The van der Waals surface area contributed by atoms with E-state index in [4.69, 9.17) is 9.73 Å². The molecule has 0 spiro atoms. The van der Waals surface area contributed by atoms with Crippen molar-refractivity contribution in [2.75, 3.05) is 26.7 Å². The number of hydrogen-bond donors (Lipinski definition) is 1. The van der Waals surface area contributed by atoms with Crippen LogP contribution in [0.1, 0.15) is 30.4 Å². The summed E-state index contributed by atoms with van der Waals surface area (Å²) in [5.74, 6) is 2.18. The Labute approximate surface area is 172 Å².